The number of carbonyl (C=O) groups is 1. The van der Waals surface area contributed by atoms with Crippen molar-refractivity contribution in [3.63, 3.8) is 0 Å². The Kier molecular flexibility index (Phi) is 8.92. The number of aliphatic hydroxyl groups excluding tert-OH is 2. The second kappa shape index (κ2) is 10.7. The lowest BCUT2D eigenvalue weighted by Gasteiger charge is -2.44. The Morgan fingerprint density at radius 3 is 2.56 bits per heavy atom. The highest BCUT2D eigenvalue weighted by molar-refractivity contribution is 6.21. The zero-order valence-electron chi connectivity index (χ0n) is 16.5. The maximum atomic E-state index is 10.5. The predicted molar refractivity (Wildman–Crippen MR) is 108 cm³/mol. The van der Waals surface area contributed by atoms with Crippen LogP contribution in [0.25, 0.3) is 0 Å². The number of halogens is 1. The molecular formula is C22H35ClO4. The molecule has 0 spiro atoms. The van der Waals surface area contributed by atoms with E-state index in [2.05, 4.69) is 18.8 Å². The fraction of sp³-hybridized carbons (Fsp3) is 0.864. The Morgan fingerprint density at radius 1 is 1.26 bits per heavy atom. The van der Waals surface area contributed by atoms with Crippen LogP contribution in [0.4, 0.5) is 0 Å². The highest BCUT2D eigenvalue weighted by atomic mass is 35.5. The molecule has 0 saturated heterocycles. The van der Waals surface area contributed by atoms with E-state index in [0.717, 1.165) is 44.9 Å². The van der Waals surface area contributed by atoms with Gasteiger partial charge in [0.1, 0.15) is 0 Å². The minimum absolute atomic E-state index is 0.0585. The summed E-state index contributed by atoms with van der Waals surface area (Å²) in [6, 6.07) is 0. The molecule has 0 aromatic rings. The third kappa shape index (κ3) is 6.11. The number of aliphatic hydroxyl groups is 2. The highest BCUT2D eigenvalue weighted by Gasteiger charge is 2.42. The van der Waals surface area contributed by atoms with Crippen LogP contribution >= 0.6 is 11.6 Å². The maximum Gasteiger partial charge on any atom is 0.303 e. The van der Waals surface area contributed by atoms with Gasteiger partial charge in [-0.2, -0.15) is 0 Å². The van der Waals surface area contributed by atoms with Crippen molar-refractivity contribution in [3.05, 3.63) is 0 Å². The molecule has 0 bridgehead atoms. The molecule has 154 valence electrons. The molecule has 0 aromatic heterocycles. The molecule has 0 heterocycles. The monoisotopic (exact) mass is 398 g/mol. The van der Waals surface area contributed by atoms with Crippen LogP contribution in [0, 0.1) is 29.1 Å². The van der Waals surface area contributed by atoms with Gasteiger partial charge in [0.25, 0.3) is 0 Å². The highest BCUT2D eigenvalue weighted by Crippen LogP contribution is 2.47. The summed E-state index contributed by atoms with van der Waals surface area (Å²) in [6.07, 6.45) is 9.31. The number of hydrogen-bond acceptors (Lipinski definition) is 3. The van der Waals surface area contributed by atoms with Crippen molar-refractivity contribution in [1.82, 2.24) is 0 Å². The molecule has 4 nitrogen and oxygen atoms in total. The number of carboxylic acid groups (broad SMARTS) is 1. The molecule has 1 unspecified atom stereocenters. The van der Waals surface area contributed by atoms with E-state index in [1.807, 2.05) is 0 Å². The van der Waals surface area contributed by atoms with Crippen molar-refractivity contribution >= 4 is 17.6 Å². The van der Waals surface area contributed by atoms with Crippen molar-refractivity contribution in [3.8, 4) is 11.8 Å². The Labute approximate surface area is 168 Å². The van der Waals surface area contributed by atoms with Crippen LogP contribution in [-0.2, 0) is 4.79 Å². The smallest absolute Gasteiger partial charge is 0.303 e. The first-order valence-corrected chi connectivity index (χ1v) is 11.0. The molecule has 0 amide bonds. The quantitative estimate of drug-likeness (QED) is 0.290. The lowest BCUT2D eigenvalue weighted by molar-refractivity contribution is -0.137. The zero-order chi connectivity index (χ0) is 19.9. The van der Waals surface area contributed by atoms with E-state index in [1.54, 1.807) is 0 Å². The largest absolute Gasteiger partial charge is 0.481 e. The van der Waals surface area contributed by atoms with Crippen molar-refractivity contribution in [2.75, 3.05) is 0 Å². The van der Waals surface area contributed by atoms with E-state index >= 15 is 0 Å². The summed E-state index contributed by atoms with van der Waals surface area (Å²) < 4.78 is 0. The summed E-state index contributed by atoms with van der Waals surface area (Å²) in [7, 11) is 0. The Morgan fingerprint density at radius 2 is 1.96 bits per heavy atom. The first-order valence-electron chi connectivity index (χ1n) is 10.6. The topological polar surface area (TPSA) is 77.8 Å². The zero-order valence-corrected chi connectivity index (χ0v) is 17.3. The van der Waals surface area contributed by atoms with E-state index in [-0.39, 0.29) is 35.2 Å². The third-order valence-electron chi connectivity index (χ3n) is 6.81. The van der Waals surface area contributed by atoms with Gasteiger partial charge in [0.05, 0.1) is 18.1 Å². The van der Waals surface area contributed by atoms with E-state index in [9.17, 15) is 15.0 Å². The van der Waals surface area contributed by atoms with Gasteiger partial charge in [0.2, 0.25) is 0 Å². The number of alkyl halides is 1. The summed E-state index contributed by atoms with van der Waals surface area (Å²) in [6.45, 7) is 2.14. The first kappa shape index (κ1) is 22.5. The Balaban J connectivity index is 1.80. The predicted octanol–water partition coefficient (Wildman–Crippen LogP) is 4.35. The van der Waals surface area contributed by atoms with Crippen LogP contribution in [0.2, 0.25) is 0 Å². The number of aliphatic carboxylic acids is 1. The van der Waals surface area contributed by atoms with Gasteiger partial charge >= 0.3 is 5.97 Å². The van der Waals surface area contributed by atoms with Gasteiger partial charge in [-0.1, -0.05) is 38.5 Å². The van der Waals surface area contributed by atoms with Crippen LogP contribution in [0.1, 0.15) is 84.0 Å². The average molecular weight is 399 g/mol. The fourth-order valence-electron chi connectivity index (χ4n) is 4.68. The summed E-state index contributed by atoms with van der Waals surface area (Å²) in [5, 5.41) is 29.5. The Bertz CT molecular complexity index is 529. The molecule has 27 heavy (non-hydrogen) atoms. The standard InChI is InChI=1S/C22H35ClO4/c1-2-22(13-8-14-22)20(25)11-7-10-17-16(18(23)15-19(17)24)9-5-3-4-6-12-21(26)27/h16-20,24-25H,2-6,8-9,11-15H2,1H3,(H,26,27)/t16-,17-,18-,19-,20?/m1/s1. The molecule has 2 aliphatic carbocycles. The lowest BCUT2D eigenvalue weighted by Crippen LogP contribution is -2.40. The molecule has 0 aliphatic heterocycles. The van der Waals surface area contributed by atoms with Gasteiger partial charge < -0.3 is 15.3 Å². The summed E-state index contributed by atoms with van der Waals surface area (Å²) >= 11 is 6.46. The van der Waals surface area contributed by atoms with Gasteiger partial charge in [-0.25, -0.2) is 0 Å². The second-order valence-corrected chi connectivity index (χ2v) is 9.03. The molecule has 2 fully saturated rings. The molecule has 5 atom stereocenters. The molecule has 2 saturated carbocycles. The summed E-state index contributed by atoms with van der Waals surface area (Å²) in [5.41, 5.74) is 0.0628. The Hall–Kier alpha value is -0.760. The lowest BCUT2D eigenvalue weighted by atomic mass is 9.63. The van der Waals surface area contributed by atoms with Crippen LogP contribution in [-0.4, -0.2) is 38.9 Å². The van der Waals surface area contributed by atoms with Gasteiger partial charge in [0, 0.05) is 18.2 Å². The number of rotatable bonds is 10. The SMILES string of the molecule is CCC1(C(O)CC#C[C@@H]2[C@@H](CCCCCCC(=O)O)[C@H](Cl)C[C@H]2O)CCC1. The molecule has 2 rings (SSSR count). The van der Waals surface area contributed by atoms with Crippen molar-refractivity contribution in [2.45, 2.75) is 102 Å². The molecule has 0 aromatic carbocycles. The summed E-state index contributed by atoms with van der Waals surface area (Å²) in [5.74, 6) is 5.71. The van der Waals surface area contributed by atoms with Crippen molar-refractivity contribution in [1.29, 1.82) is 0 Å². The van der Waals surface area contributed by atoms with Gasteiger partial charge in [-0.05, 0) is 49.9 Å². The fourth-order valence-corrected chi connectivity index (χ4v) is 5.14. The summed E-state index contributed by atoms with van der Waals surface area (Å²) in [4.78, 5) is 10.5. The van der Waals surface area contributed by atoms with Crippen LogP contribution < -0.4 is 0 Å². The van der Waals surface area contributed by atoms with Crippen LogP contribution in [0.3, 0.4) is 0 Å². The molecular weight excluding hydrogens is 364 g/mol. The van der Waals surface area contributed by atoms with Gasteiger partial charge in [-0.15, -0.1) is 17.5 Å². The number of unbranched alkanes of at least 4 members (excludes halogenated alkanes) is 3. The number of hydrogen-bond donors (Lipinski definition) is 3. The van der Waals surface area contributed by atoms with Crippen LogP contribution in [0.5, 0.6) is 0 Å². The minimum Gasteiger partial charge on any atom is -0.481 e. The van der Waals surface area contributed by atoms with Crippen molar-refractivity contribution in [2.24, 2.45) is 17.3 Å². The normalized spacial score (nSPS) is 30.2. The first-order chi connectivity index (χ1) is 12.9. The maximum absolute atomic E-state index is 10.5. The second-order valence-electron chi connectivity index (χ2n) is 8.47. The number of carboxylic acids is 1. The third-order valence-corrected chi connectivity index (χ3v) is 7.31. The molecule has 3 N–H and O–H groups in total. The van der Waals surface area contributed by atoms with E-state index < -0.39 is 12.1 Å². The van der Waals surface area contributed by atoms with Crippen molar-refractivity contribution < 1.29 is 20.1 Å². The van der Waals surface area contributed by atoms with Gasteiger partial charge in [-0.3, -0.25) is 4.79 Å². The van der Waals surface area contributed by atoms with Crippen LogP contribution in [0.15, 0.2) is 0 Å². The van der Waals surface area contributed by atoms with E-state index in [0.29, 0.717) is 19.3 Å². The van der Waals surface area contributed by atoms with E-state index in [1.165, 1.54) is 6.42 Å². The average Bonchev–Trinajstić information content (AvgIpc) is 2.84. The molecule has 0 radical (unpaired) electrons. The molecule has 5 heteroatoms. The van der Waals surface area contributed by atoms with E-state index in [4.69, 9.17) is 16.7 Å². The minimum atomic E-state index is -0.737. The molecule has 2 aliphatic rings. The van der Waals surface area contributed by atoms with Gasteiger partial charge in [0.15, 0.2) is 0 Å².